The molecule has 2 aliphatic carbocycles. The number of carbonyl (C=O) groups excluding carboxylic acids is 4. The molecule has 6 atom stereocenters. The molecule has 5 aromatic carbocycles. The lowest BCUT2D eigenvalue weighted by atomic mass is 9.49. The topological polar surface area (TPSA) is 132 Å². The second-order valence-electron chi connectivity index (χ2n) is 15.9. The van der Waals surface area contributed by atoms with Crippen LogP contribution in [0.4, 0.5) is 28.4 Å². The summed E-state index contributed by atoms with van der Waals surface area (Å²) in [5.74, 6) is -5.05. The summed E-state index contributed by atoms with van der Waals surface area (Å²) in [5.41, 5.74) is 3.67. The van der Waals surface area contributed by atoms with Crippen molar-refractivity contribution in [2.24, 2.45) is 33.9 Å². The Hall–Kier alpha value is -6.59. The van der Waals surface area contributed by atoms with Gasteiger partial charge in [0, 0.05) is 30.7 Å². The molecule has 4 aliphatic rings. The molecule has 1 N–H and O–H groups in total. The number of ether oxygens (including phenoxy) is 1. The normalized spacial score (nSPS) is 24.7. The van der Waals surface area contributed by atoms with Crippen LogP contribution in [-0.2, 0) is 24.6 Å². The minimum Gasteiger partial charge on any atom is -0.504 e. The third kappa shape index (κ3) is 6.18. The van der Waals surface area contributed by atoms with E-state index in [2.05, 4.69) is 10.2 Å². The maximum Gasteiger partial charge on any atom is 0.246 e. The number of allylic oxidation sites excluding steroid dienone is 2. The van der Waals surface area contributed by atoms with Crippen LogP contribution in [-0.4, -0.2) is 49.4 Å². The summed E-state index contributed by atoms with van der Waals surface area (Å²) in [6.45, 7) is 2.10. The number of phenolic OH excluding ortho intramolecular Hbond substituents is 1. The number of carbonyl (C=O) groups is 4. The molecule has 0 bridgehead atoms. The van der Waals surface area contributed by atoms with E-state index < -0.39 is 46.8 Å². The van der Waals surface area contributed by atoms with Gasteiger partial charge in [0.25, 0.3) is 0 Å². The largest absolute Gasteiger partial charge is 0.504 e. The standard InChI is InChI=1S/C48H42ClN5O6/c1-4-60-41-25-28(13-24-40(41)55)43-36-22-23-37-42(46(58)53(44(37)56)34-20-16-32(17-21-34)51-50-31-14-18-33(19-15-31)52(2)3)38(36)27-39-45(57)54(35-12-8-11-30(49)26-35)47(59)48(39,43)29-9-6-5-7-10-29/h5-22,24-26,37-39,42-43,55H,4,23,27H2,1-3H3. The molecular weight excluding hydrogens is 778 g/mol. The Kier molecular flexibility index (Phi) is 9.87. The average molecular weight is 820 g/mol. The molecule has 12 heteroatoms. The number of phenols is 1. The number of hydrogen-bond acceptors (Lipinski definition) is 9. The summed E-state index contributed by atoms with van der Waals surface area (Å²) in [4.78, 5) is 64.2. The highest BCUT2D eigenvalue weighted by Gasteiger charge is 2.70. The first-order valence-corrected chi connectivity index (χ1v) is 20.4. The van der Waals surface area contributed by atoms with E-state index in [1.165, 1.54) is 15.9 Å². The van der Waals surface area contributed by atoms with Crippen molar-refractivity contribution in [1.82, 2.24) is 0 Å². The molecule has 9 rings (SSSR count). The van der Waals surface area contributed by atoms with E-state index in [1.807, 2.05) is 86.6 Å². The van der Waals surface area contributed by atoms with Crippen molar-refractivity contribution in [3.63, 3.8) is 0 Å². The van der Waals surface area contributed by atoms with Gasteiger partial charge < -0.3 is 14.7 Å². The molecule has 60 heavy (non-hydrogen) atoms. The monoisotopic (exact) mass is 819 g/mol. The molecule has 3 fully saturated rings. The van der Waals surface area contributed by atoms with Gasteiger partial charge in [0.15, 0.2) is 11.5 Å². The number of fused-ring (bicyclic) bond motifs is 4. The van der Waals surface area contributed by atoms with Crippen LogP contribution < -0.4 is 19.4 Å². The first kappa shape index (κ1) is 38.9. The van der Waals surface area contributed by atoms with Gasteiger partial charge in [0.1, 0.15) is 0 Å². The Morgan fingerprint density at radius 2 is 1.47 bits per heavy atom. The van der Waals surface area contributed by atoms with Gasteiger partial charge in [-0.2, -0.15) is 10.2 Å². The molecular formula is C48H42ClN5O6. The summed E-state index contributed by atoms with van der Waals surface area (Å²) >= 11 is 6.45. The molecule has 302 valence electrons. The molecule has 1 saturated carbocycles. The predicted octanol–water partition coefficient (Wildman–Crippen LogP) is 9.29. The van der Waals surface area contributed by atoms with Crippen LogP contribution in [0.3, 0.4) is 0 Å². The van der Waals surface area contributed by atoms with Crippen LogP contribution in [0.1, 0.15) is 36.8 Å². The highest BCUT2D eigenvalue weighted by molar-refractivity contribution is 6.32. The fourth-order valence-electron chi connectivity index (χ4n) is 9.96. The molecule has 4 amide bonds. The Morgan fingerprint density at radius 3 is 2.13 bits per heavy atom. The average Bonchev–Trinajstić information content (AvgIpc) is 3.65. The van der Waals surface area contributed by atoms with Crippen LogP contribution in [0.15, 0.2) is 143 Å². The Labute approximate surface area is 352 Å². The third-order valence-electron chi connectivity index (χ3n) is 12.5. The number of hydrogen-bond donors (Lipinski definition) is 1. The zero-order chi connectivity index (χ0) is 41.9. The van der Waals surface area contributed by atoms with Crippen molar-refractivity contribution in [3.05, 3.63) is 149 Å². The number of imide groups is 2. The molecule has 0 aromatic heterocycles. The van der Waals surface area contributed by atoms with Gasteiger partial charge in [-0.15, -0.1) is 0 Å². The SMILES string of the molecule is CCOc1cc(C2C3=CCC4C(=O)N(c5ccc(N=Nc6ccc(N(C)C)cc6)cc5)C(=O)C4C3CC3C(=O)N(c4cccc(Cl)c4)C(=O)C32c2ccccc2)ccc1O. The van der Waals surface area contributed by atoms with Crippen LogP contribution in [0.2, 0.25) is 5.02 Å². The summed E-state index contributed by atoms with van der Waals surface area (Å²) in [6, 6.07) is 35.5. The van der Waals surface area contributed by atoms with Crippen LogP contribution >= 0.6 is 11.6 Å². The van der Waals surface area contributed by atoms with E-state index in [9.17, 15) is 14.7 Å². The van der Waals surface area contributed by atoms with Crippen molar-refractivity contribution in [1.29, 1.82) is 0 Å². The van der Waals surface area contributed by atoms with Gasteiger partial charge in [-0.1, -0.05) is 65.7 Å². The lowest BCUT2D eigenvalue weighted by Crippen LogP contribution is -2.53. The maximum absolute atomic E-state index is 15.5. The number of nitrogens with zero attached hydrogens (tertiary/aromatic N) is 5. The van der Waals surface area contributed by atoms with Crippen LogP contribution in [0, 0.1) is 23.7 Å². The van der Waals surface area contributed by atoms with Gasteiger partial charge in [-0.3, -0.25) is 24.1 Å². The van der Waals surface area contributed by atoms with E-state index in [1.54, 1.807) is 60.7 Å². The van der Waals surface area contributed by atoms with Gasteiger partial charge in [0.2, 0.25) is 23.6 Å². The molecule has 0 radical (unpaired) electrons. The second kappa shape index (κ2) is 15.2. The van der Waals surface area contributed by atoms with Crippen molar-refractivity contribution in [2.45, 2.75) is 31.1 Å². The quantitative estimate of drug-likeness (QED) is 0.0891. The van der Waals surface area contributed by atoms with Crippen molar-refractivity contribution in [3.8, 4) is 11.5 Å². The third-order valence-corrected chi connectivity index (χ3v) is 12.8. The lowest BCUT2D eigenvalue weighted by Gasteiger charge is -2.50. The zero-order valence-electron chi connectivity index (χ0n) is 33.2. The van der Waals surface area contributed by atoms with E-state index in [0.29, 0.717) is 38.9 Å². The Balaban J connectivity index is 1.12. The Morgan fingerprint density at radius 1 is 0.767 bits per heavy atom. The molecule has 6 unspecified atom stereocenters. The van der Waals surface area contributed by atoms with Gasteiger partial charge in [0.05, 0.1) is 52.5 Å². The van der Waals surface area contributed by atoms with Gasteiger partial charge in [-0.05, 0) is 116 Å². The molecule has 2 heterocycles. The minimum atomic E-state index is -1.46. The molecule has 2 saturated heterocycles. The van der Waals surface area contributed by atoms with E-state index in [0.717, 1.165) is 11.3 Å². The van der Waals surface area contributed by atoms with Crippen LogP contribution in [0.25, 0.3) is 0 Å². The summed E-state index contributed by atoms with van der Waals surface area (Å²) < 4.78 is 5.86. The smallest absolute Gasteiger partial charge is 0.246 e. The first-order valence-electron chi connectivity index (χ1n) is 20.0. The van der Waals surface area contributed by atoms with Crippen molar-refractivity contribution < 1.29 is 29.0 Å². The number of amides is 4. The Bertz CT molecular complexity index is 2590. The van der Waals surface area contributed by atoms with Crippen molar-refractivity contribution >= 4 is 63.7 Å². The summed E-state index contributed by atoms with van der Waals surface area (Å²) in [5, 5.41) is 19.9. The second-order valence-corrected chi connectivity index (χ2v) is 16.3. The number of anilines is 3. The predicted molar refractivity (Wildman–Crippen MR) is 229 cm³/mol. The summed E-state index contributed by atoms with van der Waals surface area (Å²) in [6.07, 6.45) is 2.42. The number of benzene rings is 5. The molecule has 5 aromatic rings. The highest BCUT2D eigenvalue weighted by Crippen LogP contribution is 2.65. The highest BCUT2D eigenvalue weighted by atomic mass is 35.5. The molecule has 0 spiro atoms. The lowest BCUT2D eigenvalue weighted by molar-refractivity contribution is -0.127. The molecule has 2 aliphatic heterocycles. The number of halogens is 1. The molecule has 11 nitrogen and oxygen atoms in total. The van der Waals surface area contributed by atoms with Gasteiger partial charge in [-0.25, -0.2) is 4.90 Å². The fraction of sp³-hybridized carbons (Fsp3) is 0.250. The van der Waals surface area contributed by atoms with E-state index in [4.69, 9.17) is 16.3 Å². The maximum atomic E-state index is 15.5. The first-order chi connectivity index (χ1) is 29.0. The number of aromatic hydroxyl groups is 1. The fourth-order valence-corrected chi connectivity index (χ4v) is 10.1. The summed E-state index contributed by atoms with van der Waals surface area (Å²) in [7, 11) is 3.93. The van der Waals surface area contributed by atoms with E-state index in [-0.39, 0.29) is 42.8 Å². The van der Waals surface area contributed by atoms with E-state index >= 15 is 9.59 Å². The van der Waals surface area contributed by atoms with Crippen LogP contribution in [0.5, 0.6) is 11.5 Å². The number of rotatable bonds is 9. The number of azo groups is 1. The van der Waals surface area contributed by atoms with Gasteiger partial charge >= 0.3 is 0 Å². The van der Waals surface area contributed by atoms with Crippen molar-refractivity contribution in [2.75, 3.05) is 35.4 Å². The zero-order valence-corrected chi connectivity index (χ0v) is 34.0. The minimum absolute atomic E-state index is 0.0660.